The monoisotopic (exact) mass is 548 g/mol. The SMILES string of the molecule is NS(=O)(=O)c1ccc(N(C(=O)Cc2ccnc(NCCNc3ccc([N+](=O)[O-])cn3)n2)c2ccccc2)cc1. The van der Waals surface area contributed by atoms with E-state index in [-0.39, 0.29) is 22.9 Å². The number of carbonyl (C=O) groups excluding carboxylic acids is 1. The quantitative estimate of drug-likeness (QED) is 0.143. The highest BCUT2D eigenvalue weighted by Crippen LogP contribution is 2.27. The molecular formula is C25H24N8O5S. The summed E-state index contributed by atoms with van der Waals surface area (Å²) in [7, 11) is -3.87. The number of carbonyl (C=O) groups is 1. The van der Waals surface area contributed by atoms with Crippen LogP contribution in [-0.2, 0) is 21.2 Å². The second-order valence-electron chi connectivity index (χ2n) is 8.16. The molecule has 39 heavy (non-hydrogen) atoms. The van der Waals surface area contributed by atoms with Gasteiger partial charge in [-0.25, -0.2) is 28.5 Å². The van der Waals surface area contributed by atoms with Crippen LogP contribution in [0.2, 0.25) is 0 Å². The van der Waals surface area contributed by atoms with E-state index in [1.54, 1.807) is 30.3 Å². The summed E-state index contributed by atoms with van der Waals surface area (Å²) in [5, 5.41) is 22.0. The molecule has 14 heteroatoms. The summed E-state index contributed by atoms with van der Waals surface area (Å²) in [5.74, 6) is 0.517. The van der Waals surface area contributed by atoms with Crippen LogP contribution in [0.15, 0.2) is 90.1 Å². The van der Waals surface area contributed by atoms with E-state index in [4.69, 9.17) is 5.14 Å². The number of nitro groups is 1. The van der Waals surface area contributed by atoms with Crippen LogP contribution in [0.5, 0.6) is 0 Å². The molecule has 4 aromatic rings. The van der Waals surface area contributed by atoms with Crippen LogP contribution in [0.1, 0.15) is 5.69 Å². The second kappa shape index (κ2) is 12.1. The lowest BCUT2D eigenvalue weighted by atomic mass is 10.2. The van der Waals surface area contributed by atoms with Crippen LogP contribution < -0.4 is 20.7 Å². The van der Waals surface area contributed by atoms with Gasteiger partial charge in [0.15, 0.2) is 0 Å². The van der Waals surface area contributed by atoms with Gasteiger partial charge in [-0.3, -0.25) is 19.8 Å². The molecule has 0 unspecified atom stereocenters. The number of sulfonamides is 1. The minimum absolute atomic E-state index is 0.0476. The Morgan fingerprint density at radius 2 is 1.62 bits per heavy atom. The van der Waals surface area contributed by atoms with Gasteiger partial charge in [0, 0.05) is 36.7 Å². The summed E-state index contributed by atoms with van der Waals surface area (Å²) in [5.41, 5.74) is 1.45. The van der Waals surface area contributed by atoms with Crippen molar-refractivity contribution in [3.05, 3.63) is 101 Å². The molecule has 0 bridgehead atoms. The Labute approximate surface area is 223 Å². The molecule has 2 aromatic carbocycles. The first-order valence-corrected chi connectivity index (χ1v) is 13.2. The average molecular weight is 549 g/mol. The smallest absolute Gasteiger partial charge is 0.287 e. The third-order valence-electron chi connectivity index (χ3n) is 5.41. The molecule has 0 aliphatic heterocycles. The van der Waals surface area contributed by atoms with Crippen molar-refractivity contribution in [2.45, 2.75) is 11.3 Å². The number of benzene rings is 2. The van der Waals surface area contributed by atoms with Gasteiger partial charge in [-0.15, -0.1) is 0 Å². The molecule has 0 aliphatic carbocycles. The Morgan fingerprint density at radius 1 is 0.923 bits per heavy atom. The number of hydrogen-bond donors (Lipinski definition) is 3. The first-order chi connectivity index (χ1) is 18.7. The molecule has 200 valence electrons. The van der Waals surface area contributed by atoms with Crippen LogP contribution in [0.3, 0.4) is 0 Å². The fraction of sp³-hybridized carbons (Fsp3) is 0.120. The number of anilines is 4. The summed E-state index contributed by atoms with van der Waals surface area (Å²) in [4.78, 5) is 37.6. The van der Waals surface area contributed by atoms with Gasteiger partial charge in [0.1, 0.15) is 12.0 Å². The zero-order valence-electron chi connectivity index (χ0n) is 20.5. The fourth-order valence-electron chi connectivity index (χ4n) is 3.58. The number of hydrogen-bond acceptors (Lipinski definition) is 10. The number of pyridine rings is 1. The lowest BCUT2D eigenvalue weighted by Gasteiger charge is -2.23. The molecule has 1 amide bonds. The molecule has 0 saturated carbocycles. The topological polar surface area (TPSA) is 186 Å². The number of nitrogens with one attached hydrogen (secondary N) is 2. The summed E-state index contributed by atoms with van der Waals surface area (Å²) >= 11 is 0. The molecule has 13 nitrogen and oxygen atoms in total. The van der Waals surface area contributed by atoms with Crippen molar-refractivity contribution in [1.29, 1.82) is 0 Å². The van der Waals surface area contributed by atoms with Crippen molar-refractivity contribution >= 4 is 44.8 Å². The van der Waals surface area contributed by atoms with E-state index in [2.05, 4.69) is 25.6 Å². The molecule has 4 rings (SSSR count). The van der Waals surface area contributed by atoms with E-state index in [0.717, 1.165) is 0 Å². The fourth-order valence-corrected chi connectivity index (χ4v) is 4.09. The van der Waals surface area contributed by atoms with E-state index in [9.17, 15) is 23.3 Å². The maximum atomic E-state index is 13.4. The number of para-hydroxylation sites is 1. The Kier molecular flexibility index (Phi) is 8.38. The van der Waals surface area contributed by atoms with Gasteiger partial charge in [0.2, 0.25) is 21.9 Å². The van der Waals surface area contributed by atoms with Crippen LogP contribution in [-0.4, -0.2) is 47.3 Å². The van der Waals surface area contributed by atoms with Gasteiger partial charge in [-0.1, -0.05) is 18.2 Å². The second-order valence-corrected chi connectivity index (χ2v) is 9.73. The number of aromatic nitrogens is 3. The van der Waals surface area contributed by atoms with Gasteiger partial charge in [0.25, 0.3) is 5.69 Å². The summed E-state index contributed by atoms with van der Waals surface area (Å²) < 4.78 is 23.3. The third-order valence-corrected chi connectivity index (χ3v) is 6.33. The zero-order valence-corrected chi connectivity index (χ0v) is 21.3. The van der Waals surface area contributed by atoms with Crippen molar-refractivity contribution in [2.75, 3.05) is 28.6 Å². The van der Waals surface area contributed by atoms with Crippen LogP contribution in [0, 0.1) is 10.1 Å². The molecule has 0 atom stereocenters. The van der Waals surface area contributed by atoms with Crippen LogP contribution in [0.25, 0.3) is 0 Å². The van der Waals surface area contributed by atoms with Crippen molar-refractivity contribution in [3.8, 4) is 0 Å². The van der Waals surface area contributed by atoms with E-state index >= 15 is 0 Å². The number of nitrogens with two attached hydrogens (primary N) is 1. The van der Waals surface area contributed by atoms with Crippen LogP contribution >= 0.6 is 0 Å². The Bertz CT molecular complexity index is 1550. The first-order valence-electron chi connectivity index (χ1n) is 11.6. The number of rotatable bonds is 11. The largest absolute Gasteiger partial charge is 0.368 e. The number of amides is 1. The van der Waals surface area contributed by atoms with Gasteiger partial charge in [0.05, 0.1) is 21.9 Å². The highest BCUT2D eigenvalue weighted by molar-refractivity contribution is 7.89. The summed E-state index contributed by atoms with van der Waals surface area (Å²) in [6.45, 7) is 0.857. The van der Waals surface area contributed by atoms with E-state index in [0.29, 0.717) is 41.9 Å². The lowest BCUT2D eigenvalue weighted by molar-refractivity contribution is -0.385. The Hall–Kier alpha value is -4.95. The van der Waals surface area contributed by atoms with E-state index in [1.807, 2.05) is 6.07 Å². The molecular weight excluding hydrogens is 524 g/mol. The van der Waals surface area contributed by atoms with Crippen molar-refractivity contribution in [2.24, 2.45) is 5.14 Å². The van der Waals surface area contributed by atoms with Gasteiger partial charge >= 0.3 is 0 Å². The van der Waals surface area contributed by atoms with Crippen LogP contribution in [0.4, 0.5) is 28.8 Å². The highest BCUT2D eigenvalue weighted by atomic mass is 32.2. The predicted octanol–water partition coefficient (Wildman–Crippen LogP) is 2.86. The molecule has 0 fully saturated rings. The Morgan fingerprint density at radius 3 is 2.26 bits per heavy atom. The normalized spacial score (nSPS) is 11.0. The molecule has 2 aromatic heterocycles. The standard InChI is InChI=1S/C25H24N8O5S/c26-39(37,38)22-9-6-20(7-10-22)32(19-4-2-1-3-5-19)24(34)16-18-12-13-28-25(31-18)29-15-14-27-23-11-8-21(17-30-23)33(35)36/h1-13,17H,14-16H2,(H,27,30)(H2,26,37,38)(H,28,29,31). The maximum Gasteiger partial charge on any atom is 0.287 e. The molecule has 0 radical (unpaired) electrons. The predicted molar refractivity (Wildman–Crippen MR) is 145 cm³/mol. The molecule has 0 spiro atoms. The molecule has 4 N–H and O–H groups in total. The Balaban J connectivity index is 1.41. The number of nitrogens with zero attached hydrogens (tertiary/aromatic N) is 5. The molecule has 2 heterocycles. The van der Waals surface area contributed by atoms with Crippen molar-refractivity contribution in [1.82, 2.24) is 15.0 Å². The van der Waals surface area contributed by atoms with Gasteiger partial charge in [-0.2, -0.15) is 0 Å². The zero-order chi connectivity index (χ0) is 27.8. The third kappa shape index (κ3) is 7.30. The molecule has 0 saturated heterocycles. The average Bonchev–Trinajstić information content (AvgIpc) is 2.92. The lowest BCUT2D eigenvalue weighted by Crippen LogP contribution is -2.28. The van der Waals surface area contributed by atoms with E-state index < -0.39 is 14.9 Å². The minimum atomic E-state index is -3.87. The number of primary sulfonamides is 1. The van der Waals surface area contributed by atoms with Crippen molar-refractivity contribution < 1.29 is 18.1 Å². The van der Waals surface area contributed by atoms with Gasteiger partial charge < -0.3 is 10.6 Å². The maximum absolute atomic E-state index is 13.4. The van der Waals surface area contributed by atoms with Gasteiger partial charge in [-0.05, 0) is 48.5 Å². The summed E-state index contributed by atoms with van der Waals surface area (Å²) in [6, 6.07) is 19.2. The highest BCUT2D eigenvalue weighted by Gasteiger charge is 2.20. The molecule has 0 aliphatic rings. The minimum Gasteiger partial charge on any atom is -0.368 e. The van der Waals surface area contributed by atoms with E-state index in [1.165, 1.54) is 53.7 Å². The van der Waals surface area contributed by atoms with Crippen molar-refractivity contribution in [3.63, 3.8) is 0 Å². The first kappa shape index (κ1) is 27.1. The summed E-state index contributed by atoms with van der Waals surface area (Å²) in [6.07, 6.45) is 2.66.